The fraction of sp³-hybridized carbons (Fsp3) is 0.469. The lowest BCUT2D eigenvalue weighted by Crippen LogP contribution is -2.52. The van der Waals surface area contributed by atoms with Crippen LogP contribution in [0.25, 0.3) is 33.4 Å². The molecule has 2 N–H and O–H groups in total. The lowest BCUT2D eigenvalue weighted by atomic mass is 9.80. The van der Waals surface area contributed by atoms with Gasteiger partial charge in [-0.25, -0.2) is 9.59 Å². The van der Waals surface area contributed by atoms with Gasteiger partial charge in [0.05, 0.1) is 39.6 Å². The van der Waals surface area contributed by atoms with Gasteiger partial charge in [0.25, 0.3) is 0 Å². The predicted octanol–water partition coefficient (Wildman–Crippen LogP) is 16.1. The normalized spacial score (nSPS) is 11.8. The summed E-state index contributed by atoms with van der Waals surface area (Å²) in [5.74, 6) is 2.59. The van der Waals surface area contributed by atoms with Crippen LogP contribution in [0.15, 0.2) is 114 Å². The van der Waals surface area contributed by atoms with Crippen molar-refractivity contribution in [1.29, 1.82) is 0 Å². The Kier molecular flexibility index (Phi) is 25.1. The summed E-state index contributed by atoms with van der Waals surface area (Å²) >= 11 is 3.75. The maximum Gasteiger partial charge on any atom is 0.488 e. The molecule has 0 fully saturated rings. The third kappa shape index (κ3) is 15.1. The maximum atomic E-state index is 13.7. The van der Waals surface area contributed by atoms with Crippen LogP contribution in [0.2, 0.25) is 33.2 Å². The summed E-state index contributed by atoms with van der Waals surface area (Å²) in [6.07, 6.45) is 4.57. The average Bonchev–Trinajstić information content (AvgIpc) is 4.08. The molecule has 0 aliphatic rings. The molecule has 0 spiro atoms. The molecule has 0 radical (unpaired) electrons. The largest absolute Gasteiger partial charge is 0.494 e. The van der Waals surface area contributed by atoms with E-state index < -0.39 is 23.6 Å². The monoisotopic (exact) mass is 1190 g/mol. The number of benzene rings is 4. The summed E-state index contributed by atoms with van der Waals surface area (Å²) in [6.45, 7) is 40.7. The fourth-order valence-corrected chi connectivity index (χ4v) is 26.4. The average molecular weight is 1200 g/mol. The lowest BCUT2D eigenvalue weighted by Gasteiger charge is -2.44. The molecule has 16 heteroatoms. The fourth-order valence-electron chi connectivity index (χ4n) is 12.4. The van der Waals surface area contributed by atoms with Crippen LogP contribution in [0.4, 0.5) is 0 Å². The minimum atomic E-state index is -2.29. The molecule has 2 heterocycles. The number of ether oxygens (including phenoxy) is 6. The second kappa shape index (κ2) is 30.0. The Bertz CT molecular complexity index is 2830. The quantitative estimate of drug-likeness (QED) is 0.0499. The zero-order valence-corrected chi connectivity index (χ0v) is 55.0. The zero-order chi connectivity index (χ0) is 60.0. The van der Waals surface area contributed by atoms with Gasteiger partial charge in [-0.2, -0.15) is 0 Å². The summed E-state index contributed by atoms with van der Waals surface area (Å²) < 4.78 is 38.9. The highest BCUT2D eigenvalue weighted by molar-refractivity contribution is 9.10. The Labute approximate surface area is 490 Å². The van der Waals surface area contributed by atoms with Gasteiger partial charge >= 0.3 is 19.1 Å². The van der Waals surface area contributed by atoms with Crippen LogP contribution in [-0.2, 0) is 9.47 Å². The van der Waals surface area contributed by atoms with E-state index in [0.29, 0.717) is 63.3 Å². The second-order valence-corrected chi connectivity index (χ2v) is 34.9. The van der Waals surface area contributed by atoms with Gasteiger partial charge in [0, 0.05) is 33.6 Å². The molecule has 0 saturated carbocycles. The summed E-state index contributed by atoms with van der Waals surface area (Å²) in [5.41, 5.74) is 10.1. The molecule has 0 amide bonds. The third-order valence-corrected chi connectivity index (χ3v) is 29.2. The van der Waals surface area contributed by atoms with Crippen molar-refractivity contribution in [2.24, 2.45) is 0 Å². The van der Waals surface area contributed by atoms with E-state index in [1.54, 1.807) is 24.3 Å². The van der Waals surface area contributed by atoms with Gasteiger partial charge in [-0.05, 0) is 161 Å². The molecule has 436 valence electrons. The Morgan fingerprint density at radius 2 is 0.787 bits per heavy atom. The second-order valence-electron chi connectivity index (χ2n) is 22.6. The molecular formula is C64H92BBrN2O10Si2. The number of nitrogens with zero attached hydrogens (tertiary/aromatic N) is 2. The Hall–Kier alpha value is -5.52. The molecule has 4 aromatic carbocycles. The molecule has 12 nitrogen and oxygen atoms in total. The molecule has 0 atom stereocenters. The standard InChI is InChI=1S/C32H45NO4Si.C23H34BrNO3Si.C9H13BO3/c1-11-36-27-16-14-26(15-17-27)30-29(25-12-18-28(19-13-25)37-21(2)3)20-33(31(30)32(34)35-10)38(22(4)5,23(6)7)24(8)9;1-9-28-19-12-10-18(11-13-19)21-20(24)14-25(22(21)23(26)27-8)29(15(2)3,16(4)5)17(6)7;1-7(2)13-9-5-3-8(4-6-9)10(11)12/h12-24H,11H2,1-10H3;10-17H,9H2,1-8H3;3-7,11-12H,1-2H3. The predicted molar refractivity (Wildman–Crippen MR) is 339 cm³/mol. The Morgan fingerprint density at radius 3 is 1.11 bits per heavy atom. The van der Waals surface area contributed by atoms with Gasteiger partial charge in [-0.15, -0.1) is 0 Å². The van der Waals surface area contributed by atoms with Crippen LogP contribution in [0, 0.1) is 0 Å². The molecule has 2 aromatic heterocycles. The first-order valence-corrected chi connectivity index (χ1v) is 33.6. The zero-order valence-electron chi connectivity index (χ0n) is 51.4. The molecule has 0 aliphatic heterocycles. The van der Waals surface area contributed by atoms with Crippen molar-refractivity contribution in [2.75, 3.05) is 27.4 Å². The van der Waals surface area contributed by atoms with Crippen molar-refractivity contribution in [3.63, 3.8) is 0 Å². The van der Waals surface area contributed by atoms with Gasteiger partial charge in [0.2, 0.25) is 0 Å². The van der Waals surface area contributed by atoms with Crippen molar-refractivity contribution in [3.8, 4) is 56.4 Å². The minimum absolute atomic E-state index is 0.0991. The van der Waals surface area contributed by atoms with Crippen LogP contribution >= 0.6 is 15.9 Å². The first kappa shape index (κ1) is 67.0. The molecule has 0 bridgehead atoms. The number of methoxy groups -OCH3 is 2. The van der Waals surface area contributed by atoms with Gasteiger partial charge < -0.3 is 46.9 Å². The van der Waals surface area contributed by atoms with Crippen molar-refractivity contribution in [3.05, 3.63) is 125 Å². The first-order valence-electron chi connectivity index (χ1n) is 28.4. The topological polar surface area (TPSA) is 140 Å². The van der Waals surface area contributed by atoms with Crippen LogP contribution in [0.1, 0.15) is 146 Å². The Balaban J connectivity index is 0.000000288. The SMILES string of the molecule is CC(C)Oc1ccc(B(O)O)cc1.CCOc1ccc(-c2c(-c3ccc(OC(C)C)cc3)cn([Si](C(C)C)(C(C)C)C(C)C)c2C(=O)OC)cc1.CCOc1ccc(-c2c(Br)cn([Si](C(C)C)(C(C)C)C(C)C)c2C(=O)OC)cc1. The van der Waals surface area contributed by atoms with Crippen LogP contribution in [0.3, 0.4) is 0 Å². The molecule has 0 saturated heterocycles. The van der Waals surface area contributed by atoms with Gasteiger partial charge in [0.15, 0.2) is 16.5 Å². The summed E-state index contributed by atoms with van der Waals surface area (Å²) in [7, 11) is -2.90. The highest BCUT2D eigenvalue weighted by Crippen LogP contribution is 2.49. The van der Waals surface area contributed by atoms with E-state index in [-0.39, 0.29) is 24.1 Å². The van der Waals surface area contributed by atoms with E-state index in [9.17, 15) is 9.59 Å². The highest BCUT2D eigenvalue weighted by Gasteiger charge is 2.49. The Morgan fingerprint density at radius 1 is 0.475 bits per heavy atom. The molecular weight excluding hydrogens is 1100 g/mol. The molecule has 6 aromatic rings. The molecule has 0 unspecified atom stereocenters. The van der Waals surface area contributed by atoms with E-state index in [2.05, 4.69) is 132 Å². The third-order valence-electron chi connectivity index (χ3n) is 15.1. The van der Waals surface area contributed by atoms with Crippen molar-refractivity contribution in [1.82, 2.24) is 8.47 Å². The number of aromatic nitrogens is 2. The highest BCUT2D eigenvalue weighted by atomic mass is 79.9. The van der Waals surface area contributed by atoms with E-state index in [4.69, 9.17) is 38.5 Å². The van der Waals surface area contributed by atoms with Crippen molar-refractivity contribution < 1.29 is 48.1 Å². The first-order chi connectivity index (χ1) is 37.7. The smallest absolute Gasteiger partial charge is 0.488 e. The summed E-state index contributed by atoms with van der Waals surface area (Å²) in [5, 5.41) is 17.6. The van der Waals surface area contributed by atoms with Crippen LogP contribution in [0.5, 0.6) is 23.0 Å². The number of esters is 2. The van der Waals surface area contributed by atoms with E-state index in [1.807, 2.05) is 102 Å². The van der Waals surface area contributed by atoms with Crippen molar-refractivity contribution in [2.45, 2.75) is 170 Å². The molecule has 6 rings (SSSR count). The molecule has 80 heavy (non-hydrogen) atoms. The van der Waals surface area contributed by atoms with Gasteiger partial charge in [-0.3, -0.25) is 0 Å². The van der Waals surface area contributed by atoms with E-state index in [1.165, 1.54) is 14.2 Å². The van der Waals surface area contributed by atoms with Crippen LogP contribution in [-0.4, -0.2) is 93.7 Å². The van der Waals surface area contributed by atoms with Crippen molar-refractivity contribution >= 4 is 56.9 Å². The molecule has 0 aliphatic carbocycles. The number of hydrogen-bond donors (Lipinski definition) is 2. The summed E-state index contributed by atoms with van der Waals surface area (Å²) in [6, 6.07) is 30.8. The van der Waals surface area contributed by atoms with Crippen LogP contribution < -0.4 is 24.4 Å². The number of carbonyl (C=O) groups is 2. The number of halogens is 1. The summed E-state index contributed by atoms with van der Waals surface area (Å²) in [4.78, 5) is 26.7. The van der Waals surface area contributed by atoms with E-state index in [0.717, 1.165) is 60.9 Å². The number of hydrogen-bond acceptors (Lipinski definition) is 10. The number of carbonyl (C=O) groups excluding carboxylic acids is 2. The maximum absolute atomic E-state index is 13.7. The van der Waals surface area contributed by atoms with Gasteiger partial charge in [0.1, 0.15) is 34.4 Å². The minimum Gasteiger partial charge on any atom is -0.494 e. The number of rotatable bonds is 22. The lowest BCUT2D eigenvalue weighted by molar-refractivity contribution is 0.0584. The van der Waals surface area contributed by atoms with Gasteiger partial charge in [-0.1, -0.05) is 132 Å². The van der Waals surface area contributed by atoms with E-state index >= 15 is 0 Å².